The van der Waals surface area contributed by atoms with Crippen molar-refractivity contribution in [3.8, 4) is 0 Å². The maximum absolute atomic E-state index is 13.8. The van der Waals surface area contributed by atoms with Gasteiger partial charge < -0.3 is 33.7 Å². The van der Waals surface area contributed by atoms with Crippen molar-refractivity contribution in [1.29, 1.82) is 0 Å². The highest BCUT2D eigenvalue weighted by molar-refractivity contribution is 6.74. The first-order valence-corrected chi connectivity index (χ1v) is 31.1. The number of ether oxygens (including phenoxy) is 3. The quantitative estimate of drug-likeness (QED) is 0.0476. The van der Waals surface area contributed by atoms with E-state index in [-0.39, 0.29) is 77.1 Å². The van der Waals surface area contributed by atoms with Crippen molar-refractivity contribution in [2.75, 3.05) is 13.1 Å². The van der Waals surface area contributed by atoms with Crippen molar-refractivity contribution in [3.05, 3.63) is 23.8 Å². The number of amides is 2. The molecule has 3 rings (SSSR count). The highest BCUT2D eigenvalue weighted by atomic mass is 28.4. The molecule has 0 aromatic carbocycles. The van der Waals surface area contributed by atoms with Crippen LogP contribution < -0.4 is 10.6 Å². The van der Waals surface area contributed by atoms with E-state index in [0.29, 0.717) is 24.8 Å². The lowest BCUT2D eigenvalue weighted by atomic mass is 9.85. The fraction of sp³-hybridized carbons (Fsp3) is 0.865. The molecule has 3 saturated heterocycles. The number of nitrogens with one attached hydrogen (secondary N) is 2. The van der Waals surface area contributed by atoms with Gasteiger partial charge in [-0.3, -0.25) is 14.4 Å². The van der Waals surface area contributed by atoms with E-state index in [0.717, 1.165) is 70.6 Å². The number of carbonyl (C=O) groups is 3. The minimum absolute atomic E-state index is 0.0462. The molecule has 3 fully saturated rings. The SMILES string of the molecule is C/C=C/C(=O)C[C@H]1CC[C@H](C)[C@@H](CC(=O)NC[C@@H](O[Si](C)(C)C(C)(C)C)[C@@H](C)C(=O)NCCC[C@H]2O[C@@]3(CCC[C@@H](CC[C@H](C)/C=C(\C)[C@H](C)O[Si](C)(C)C(C)(C)C)O3)CC[C@@H]2C)O1. The molecule has 10 nitrogen and oxygen atoms in total. The molecule has 3 aliphatic rings. The molecule has 0 aromatic heterocycles. The third-order valence-electron chi connectivity index (χ3n) is 15.7. The van der Waals surface area contributed by atoms with Gasteiger partial charge in [-0.25, -0.2) is 0 Å². The molecule has 3 heterocycles. The van der Waals surface area contributed by atoms with Crippen LogP contribution in [0.3, 0.4) is 0 Å². The zero-order chi connectivity index (χ0) is 48.3. The van der Waals surface area contributed by atoms with Crippen LogP contribution in [0.5, 0.6) is 0 Å². The van der Waals surface area contributed by atoms with Gasteiger partial charge in [0.25, 0.3) is 0 Å². The molecule has 2 N–H and O–H groups in total. The summed E-state index contributed by atoms with van der Waals surface area (Å²) in [7, 11) is -4.13. The minimum Gasteiger partial charge on any atom is -0.411 e. The van der Waals surface area contributed by atoms with Crippen molar-refractivity contribution in [3.63, 3.8) is 0 Å². The average Bonchev–Trinajstić information content (AvgIpc) is 3.18. The highest BCUT2D eigenvalue weighted by Gasteiger charge is 2.45. The van der Waals surface area contributed by atoms with Gasteiger partial charge in [-0.1, -0.05) is 81.4 Å². The average molecular weight is 934 g/mol. The van der Waals surface area contributed by atoms with E-state index in [2.05, 4.69) is 119 Å². The van der Waals surface area contributed by atoms with Gasteiger partial charge in [0.05, 0.1) is 49.0 Å². The topological polar surface area (TPSA) is 121 Å². The third-order valence-corrected chi connectivity index (χ3v) is 24.7. The fourth-order valence-corrected chi connectivity index (χ4v) is 11.7. The monoisotopic (exact) mass is 933 g/mol. The van der Waals surface area contributed by atoms with Crippen LogP contribution in [0.2, 0.25) is 36.3 Å². The Balaban J connectivity index is 1.52. The Bertz CT molecular complexity index is 1550. The van der Waals surface area contributed by atoms with Crippen molar-refractivity contribution in [2.24, 2.45) is 23.7 Å². The van der Waals surface area contributed by atoms with Crippen molar-refractivity contribution >= 4 is 34.2 Å². The Hall–Kier alpha value is -1.68. The lowest BCUT2D eigenvalue weighted by molar-refractivity contribution is -0.324. The molecule has 0 bridgehead atoms. The van der Waals surface area contributed by atoms with E-state index >= 15 is 0 Å². The lowest BCUT2D eigenvalue weighted by Crippen LogP contribution is -2.52. The van der Waals surface area contributed by atoms with Gasteiger partial charge in [0.1, 0.15) is 0 Å². The predicted molar refractivity (Wildman–Crippen MR) is 267 cm³/mol. The molecule has 2 amide bonds. The standard InChI is InChI=1S/C52H96N2O8Si2/c1-18-21-42(55)33-44-27-25-37(3)46(58-44)34-48(56)54-35-47(62-64(16,17)51(11,12)13)40(6)49(57)53-31-20-23-45-38(4)28-30-52(60-45)29-19-22-43(59-52)26-24-36(2)32-39(5)41(7)61-63(14,15)50(8,9)10/h18,21,32,36-38,40-41,43-47H,19-20,22-31,33-35H2,1-17H3,(H,53,57)(H,54,56)/b21-18+,39-32+/t36-,37-,38-,40+,41-,43-,44+,45+,46+,47+,52-/m0/s1. The second-order valence-corrected chi connectivity index (χ2v) is 32.9. The first kappa shape index (κ1) is 56.6. The number of allylic oxidation sites excluding steroid dienone is 3. The zero-order valence-electron chi connectivity index (χ0n) is 43.9. The molecule has 0 aliphatic carbocycles. The van der Waals surface area contributed by atoms with Crippen LogP contribution in [0.15, 0.2) is 23.8 Å². The summed E-state index contributed by atoms with van der Waals surface area (Å²) in [5.41, 5.74) is 1.32. The molecule has 0 saturated carbocycles. The minimum atomic E-state index is -2.29. The second-order valence-electron chi connectivity index (χ2n) is 23.4. The van der Waals surface area contributed by atoms with E-state index in [9.17, 15) is 14.4 Å². The number of carbonyl (C=O) groups excluding carboxylic acids is 3. The van der Waals surface area contributed by atoms with E-state index in [1.54, 1.807) is 12.2 Å². The summed E-state index contributed by atoms with van der Waals surface area (Å²) >= 11 is 0. The molecule has 370 valence electrons. The molecule has 12 heteroatoms. The molecular weight excluding hydrogens is 837 g/mol. The van der Waals surface area contributed by atoms with Crippen molar-refractivity contribution < 1.29 is 37.4 Å². The third kappa shape index (κ3) is 17.4. The van der Waals surface area contributed by atoms with Crippen LogP contribution in [0.4, 0.5) is 0 Å². The van der Waals surface area contributed by atoms with Crippen LogP contribution in [0, 0.1) is 23.7 Å². The van der Waals surface area contributed by atoms with Crippen LogP contribution in [-0.4, -0.2) is 89.7 Å². The Labute approximate surface area is 393 Å². The summed E-state index contributed by atoms with van der Waals surface area (Å²) in [4.78, 5) is 39.4. The summed E-state index contributed by atoms with van der Waals surface area (Å²) in [6.07, 6.45) is 16.4. The number of hydrogen-bond donors (Lipinski definition) is 2. The Morgan fingerprint density at radius 2 is 1.44 bits per heavy atom. The number of hydrogen-bond acceptors (Lipinski definition) is 8. The normalized spacial score (nSPS) is 28.4. The summed E-state index contributed by atoms with van der Waals surface area (Å²) in [5.74, 6) is -0.0477. The molecule has 0 aromatic rings. The summed E-state index contributed by atoms with van der Waals surface area (Å²) in [6, 6.07) is 0. The predicted octanol–water partition coefficient (Wildman–Crippen LogP) is 12.0. The van der Waals surface area contributed by atoms with Crippen LogP contribution in [0.1, 0.15) is 173 Å². The van der Waals surface area contributed by atoms with Gasteiger partial charge in [0, 0.05) is 32.4 Å². The van der Waals surface area contributed by atoms with Crippen LogP contribution in [0.25, 0.3) is 0 Å². The van der Waals surface area contributed by atoms with Crippen LogP contribution >= 0.6 is 0 Å². The first-order chi connectivity index (χ1) is 29.6. The smallest absolute Gasteiger partial charge is 0.225 e. The highest BCUT2D eigenvalue weighted by Crippen LogP contribution is 2.44. The first-order valence-electron chi connectivity index (χ1n) is 25.3. The van der Waals surface area contributed by atoms with Gasteiger partial charge in [0.2, 0.25) is 11.8 Å². The lowest BCUT2D eigenvalue weighted by Gasteiger charge is -2.48. The Morgan fingerprint density at radius 3 is 2.08 bits per heavy atom. The van der Waals surface area contributed by atoms with E-state index < -0.39 is 34.4 Å². The zero-order valence-corrected chi connectivity index (χ0v) is 45.9. The molecular formula is C52H96N2O8Si2. The largest absolute Gasteiger partial charge is 0.411 e. The molecule has 3 aliphatic heterocycles. The molecule has 0 radical (unpaired) electrons. The molecule has 11 atom stereocenters. The molecule has 64 heavy (non-hydrogen) atoms. The van der Waals surface area contributed by atoms with Crippen molar-refractivity contribution in [2.45, 2.75) is 252 Å². The summed E-state index contributed by atoms with van der Waals surface area (Å²) in [5, 5.41) is 6.43. The Kier molecular flexibility index (Phi) is 21.7. The van der Waals surface area contributed by atoms with E-state index in [4.69, 9.17) is 23.1 Å². The number of rotatable bonds is 22. The summed E-state index contributed by atoms with van der Waals surface area (Å²) < 4.78 is 33.6. The maximum Gasteiger partial charge on any atom is 0.225 e. The van der Waals surface area contributed by atoms with Crippen LogP contribution in [-0.2, 0) is 37.4 Å². The van der Waals surface area contributed by atoms with E-state index in [1.165, 1.54) is 5.57 Å². The van der Waals surface area contributed by atoms with Gasteiger partial charge >= 0.3 is 0 Å². The molecule has 1 spiro atoms. The van der Waals surface area contributed by atoms with E-state index in [1.807, 2.05) is 13.8 Å². The number of ketones is 1. The van der Waals surface area contributed by atoms with Gasteiger partial charge in [-0.2, -0.15) is 0 Å². The second kappa shape index (κ2) is 24.6. The maximum atomic E-state index is 13.8. The van der Waals surface area contributed by atoms with Crippen molar-refractivity contribution in [1.82, 2.24) is 10.6 Å². The fourth-order valence-electron chi connectivity index (χ4n) is 8.90. The van der Waals surface area contributed by atoms with Gasteiger partial charge in [-0.05, 0) is 144 Å². The van der Waals surface area contributed by atoms with Gasteiger partial charge in [0.15, 0.2) is 28.2 Å². The van der Waals surface area contributed by atoms with Gasteiger partial charge in [-0.15, -0.1) is 0 Å². The Morgan fingerprint density at radius 1 is 0.797 bits per heavy atom. The molecule has 0 unspecified atom stereocenters. The summed E-state index contributed by atoms with van der Waals surface area (Å²) in [6.45, 7) is 38.1.